The molecule has 0 spiro atoms. The Hall–Kier alpha value is -3.95. The van der Waals surface area contributed by atoms with Crippen molar-refractivity contribution in [1.82, 2.24) is 0 Å². The third-order valence-electron chi connectivity index (χ3n) is 3.84. The molecular weight excluding hydrogens is 388 g/mol. The van der Waals surface area contributed by atoms with Gasteiger partial charge in [-0.2, -0.15) is 5.26 Å². The minimum atomic E-state index is -0.543. The van der Waals surface area contributed by atoms with E-state index in [-0.39, 0.29) is 5.57 Å². The Kier molecular flexibility index (Phi) is 6.36. The summed E-state index contributed by atoms with van der Waals surface area (Å²) in [5.41, 5.74) is 7.15. The van der Waals surface area contributed by atoms with Gasteiger partial charge in [-0.15, -0.1) is 0 Å². The number of nitriles is 1. The summed E-state index contributed by atoms with van der Waals surface area (Å²) < 4.78 is 5.71. The van der Waals surface area contributed by atoms with Crippen molar-refractivity contribution in [3.8, 4) is 17.6 Å². The van der Waals surface area contributed by atoms with E-state index in [0.717, 1.165) is 0 Å². The molecule has 0 bridgehead atoms. The molecule has 0 fully saturated rings. The molecule has 29 heavy (non-hydrogen) atoms. The zero-order valence-electron chi connectivity index (χ0n) is 15.2. The molecule has 0 atom stereocenters. The van der Waals surface area contributed by atoms with Crippen LogP contribution < -0.4 is 21.1 Å². The molecule has 0 radical (unpaired) electrons. The van der Waals surface area contributed by atoms with E-state index < -0.39 is 5.91 Å². The van der Waals surface area contributed by atoms with Gasteiger partial charge in [-0.25, -0.2) is 0 Å². The number of nitrogens with one attached hydrogen (secondary N) is 2. The van der Waals surface area contributed by atoms with Crippen LogP contribution in [0.5, 0.6) is 11.5 Å². The zero-order valence-corrected chi connectivity index (χ0v) is 16.0. The van der Waals surface area contributed by atoms with Gasteiger partial charge in [0, 0.05) is 17.6 Å². The maximum absolute atomic E-state index is 12.3. The van der Waals surface area contributed by atoms with E-state index in [9.17, 15) is 10.1 Å². The first kappa shape index (κ1) is 19.8. The van der Waals surface area contributed by atoms with Gasteiger partial charge in [0.1, 0.15) is 23.1 Å². The molecule has 0 aliphatic carbocycles. The first-order valence-corrected chi connectivity index (χ1v) is 8.99. The Morgan fingerprint density at radius 2 is 1.66 bits per heavy atom. The highest BCUT2D eigenvalue weighted by Gasteiger charge is 2.10. The Morgan fingerprint density at radius 1 is 1.00 bits per heavy atom. The van der Waals surface area contributed by atoms with Crippen molar-refractivity contribution in [2.75, 3.05) is 16.4 Å². The first-order valence-electron chi connectivity index (χ1n) is 8.61. The van der Waals surface area contributed by atoms with Gasteiger partial charge >= 0.3 is 0 Å². The van der Waals surface area contributed by atoms with Crippen molar-refractivity contribution >= 4 is 34.6 Å². The number of halogens is 1. The van der Waals surface area contributed by atoms with Crippen LogP contribution in [0.15, 0.2) is 84.6 Å². The van der Waals surface area contributed by atoms with Gasteiger partial charge < -0.3 is 21.1 Å². The maximum Gasteiger partial charge on any atom is 0.267 e. The second kappa shape index (κ2) is 9.31. The Bertz CT molecular complexity index is 1070. The van der Waals surface area contributed by atoms with Gasteiger partial charge in [0.2, 0.25) is 0 Å². The molecule has 3 aromatic carbocycles. The number of amides is 1. The Morgan fingerprint density at radius 3 is 2.31 bits per heavy atom. The minimum absolute atomic E-state index is 0.0949. The number of nitrogens with zero attached hydrogens (tertiary/aromatic N) is 1. The highest BCUT2D eigenvalue weighted by molar-refractivity contribution is 6.33. The molecule has 6 nitrogen and oxygen atoms in total. The lowest BCUT2D eigenvalue weighted by atomic mass is 10.2. The van der Waals surface area contributed by atoms with E-state index in [1.807, 2.05) is 36.4 Å². The predicted octanol–water partition coefficient (Wildman–Crippen LogP) is 5.17. The molecule has 7 heteroatoms. The van der Waals surface area contributed by atoms with Crippen molar-refractivity contribution in [3.05, 3.63) is 89.6 Å². The molecule has 3 rings (SSSR count). The molecule has 0 unspecified atom stereocenters. The van der Waals surface area contributed by atoms with Crippen LogP contribution in [0.1, 0.15) is 0 Å². The molecule has 144 valence electrons. The van der Waals surface area contributed by atoms with Gasteiger partial charge in [0.15, 0.2) is 0 Å². The number of carbonyl (C=O) groups is 1. The minimum Gasteiger partial charge on any atom is -0.457 e. The number of hydrogen-bond donors (Lipinski definition) is 3. The lowest BCUT2D eigenvalue weighted by Crippen LogP contribution is -2.14. The van der Waals surface area contributed by atoms with Crippen LogP contribution in [0.25, 0.3) is 0 Å². The number of rotatable bonds is 6. The number of carbonyl (C=O) groups excluding carboxylic acids is 1. The number of nitrogens with two attached hydrogens (primary N) is 1. The second-order valence-electron chi connectivity index (χ2n) is 5.94. The molecule has 0 saturated heterocycles. The molecule has 0 aliphatic heterocycles. The molecule has 0 aromatic heterocycles. The standard InChI is InChI=1S/C22H17ClN4O2/c23-20-12-17(8-11-21(20)25)26-14-15(13-24)22(28)27-16-6-9-19(10-7-16)29-18-4-2-1-3-5-18/h1-12,14,26H,25H2,(H,27,28)/b15-14-. The van der Waals surface area contributed by atoms with Crippen molar-refractivity contribution in [1.29, 1.82) is 5.26 Å². The largest absolute Gasteiger partial charge is 0.457 e. The van der Waals surface area contributed by atoms with E-state index in [1.165, 1.54) is 6.20 Å². The van der Waals surface area contributed by atoms with E-state index >= 15 is 0 Å². The molecular formula is C22H17ClN4O2. The lowest BCUT2D eigenvalue weighted by molar-refractivity contribution is -0.112. The third kappa shape index (κ3) is 5.51. The monoisotopic (exact) mass is 404 g/mol. The average molecular weight is 405 g/mol. The number of nitrogen functional groups attached to an aromatic ring is 1. The van der Waals surface area contributed by atoms with Gasteiger partial charge in [-0.3, -0.25) is 4.79 Å². The summed E-state index contributed by atoms with van der Waals surface area (Å²) in [5.74, 6) is 0.804. The van der Waals surface area contributed by atoms with E-state index in [4.69, 9.17) is 22.1 Å². The smallest absolute Gasteiger partial charge is 0.267 e. The number of benzene rings is 3. The Balaban J connectivity index is 1.63. The maximum atomic E-state index is 12.3. The van der Waals surface area contributed by atoms with Crippen LogP contribution in [-0.2, 0) is 4.79 Å². The SMILES string of the molecule is N#C/C(=C/Nc1ccc(N)c(Cl)c1)C(=O)Nc1ccc(Oc2ccccc2)cc1. The predicted molar refractivity (Wildman–Crippen MR) is 115 cm³/mol. The molecule has 4 N–H and O–H groups in total. The summed E-state index contributed by atoms with van der Waals surface area (Å²) in [7, 11) is 0. The number of hydrogen-bond acceptors (Lipinski definition) is 5. The lowest BCUT2D eigenvalue weighted by Gasteiger charge is -2.08. The van der Waals surface area contributed by atoms with Gasteiger partial charge in [-0.05, 0) is 54.6 Å². The van der Waals surface area contributed by atoms with Crippen LogP contribution >= 0.6 is 11.6 Å². The topological polar surface area (TPSA) is 100 Å². The first-order chi connectivity index (χ1) is 14.0. The van der Waals surface area contributed by atoms with Crippen molar-refractivity contribution in [2.45, 2.75) is 0 Å². The van der Waals surface area contributed by atoms with Crippen molar-refractivity contribution in [2.24, 2.45) is 0 Å². The summed E-state index contributed by atoms with van der Waals surface area (Å²) >= 11 is 5.96. The summed E-state index contributed by atoms with van der Waals surface area (Å²) in [6.45, 7) is 0. The van der Waals surface area contributed by atoms with Crippen molar-refractivity contribution in [3.63, 3.8) is 0 Å². The zero-order chi connectivity index (χ0) is 20.6. The quantitative estimate of drug-likeness (QED) is 0.299. The van der Waals surface area contributed by atoms with Crippen LogP contribution in [0.3, 0.4) is 0 Å². The van der Waals surface area contributed by atoms with E-state index in [0.29, 0.717) is 33.6 Å². The van der Waals surface area contributed by atoms with Gasteiger partial charge in [-0.1, -0.05) is 29.8 Å². The van der Waals surface area contributed by atoms with Crippen LogP contribution in [0, 0.1) is 11.3 Å². The van der Waals surface area contributed by atoms with Gasteiger partial charge in [0.05, 0.1) is 10.7 Å². The summed E-state index contributed by atoms with van der Waals surface area (Å²) in [4.78, 5) is 12.3. The van der Waals surface area contributed by atoms with E-state index in [1.54, 1.807) is 42.5 Å². The second-order valence-corrected chi connectivity index (χ2v) is 6.35. The van der Waals surface area contributed by atoms with Crippen molar-refractivity contribution < 1.29 is 9.53 Å². The fraction of sp³-hybridized carbons (Fsp3) is 0. The molecule has 0 heterocycles. The number of anilines is 3. The summed E-state index contributed by atoms with van der Waals surface area (Å²) in [5, 5.41) is 15.2. The fourth-order valence-electron chi connectivity index (χ4n) is 2.35. The van der Waals surface area contributed by atoms with Crippen LogP contribution in [-0.4, -0.2) is 5.91 Å². The fourth-order valence-corrected chi connectivity index (χ4v) is 2.53. The van der Waals surface area contributed by atoms with Gasteiger partial charge in [0.25, 0.3) is 5.91 Å². The molecule has 0 aliphatic rings. The highest BCUT2D eigenvalue weighted by Crippen LogP contribution is 2.24. The summed E-state index contributed by atoms with van der Waals surface area (Å²) in [6.07, 6.45) is 1.31. The Labute approximate surface area is 173 Å². The van der Waals surface area contributed by atoms with Crippen LogP contribution in [0.4, 0.5) is 17.1 Å². The highest BCUT2D eigenvalue weighted by atomic mass is 35.5. The number of para-hydroxylation sites is 1. The number of ether oxygens (including phenoxy) is 1. The summed E-state index contributed by atoms with van der Waals surface area (Å²) in [6, 6.07) is 23.0. The van der Waals surface area contributed by atoms with E-state index in [2.05, 4.69) is 10.6 Å². The normalized spacial score (nSPS) is 10.7. The average Bonchev–Trinajstić information content (AvgIpc) is 2.73. The molecule has 1 amide bonds. The molecule has 0 saturated carbocycles. The molecule has 3 aromatic rings. The third-order valence-corrected chi connectivity index (χ3v) is 4.17. The van der Waals surface area contributed by atoms with Crippen LogP contribution in [0.2, 0.25) is 5.02 Å².